The molecule has 0 aliphatic heterocycles. The fraction of sp³-hybridized carbons (Fsp3) is 0.133. The Morgan fingerprint density at radius 2 is 1.33 bits per heavy atom. The minimum absolute atomic E-state index is 0.00889. The molecule has 0 aromatic heterocycles. The van der Waals surface area contributed by atoms with E-state index in [1.807, 2.05) is 12.1 Å². The highest BCUT2D eigenvalue weighted by molar-refractivity contribution is 5.94. The smallest absolute Gasteiger partial charge is 0.263 e. The SMILES string of the molecule is CC(=O)c1ccc(-c2ccc(C(F)F)cc2)cc1. The molecule has 2 aromatic rings. The van der Waals surface area contributed by atoms with E-state index in [9.17, 15) is 13.6 Å². The van der Waals surface area contributed by atoms with E-state index >= 15 is 0 Å². The summed E-state index contributed by atoms with van der Waals surface area (Å²) in [4.78, 5) is 11.1. The van der Waals surface area contributed by atoms with Gasteiger partial charge < -0.3 is 0 Å². The number of rotatable bonds is 3. The van der Waals surface area contributed by atoms with Crippen molar-refractivity contribution < 1.29 is 13.6 Å². The fourth-order valence-electron chi connectivity index (χ4n) is 1.72. The summed E-state index contributed by atoms with van der Waals surface area (Å²) in [6, 6.07) is 13.2. The number of carbonyl (C=O) groups is 1. The van der Waals surface area contributed by atoms with Crippen molar-refractivity contribution in [1.29, 1.82) is 0 Å². The van der Waals surface area contributed by atoms with Crippen molar-refractivity contribution in [3.63, 3.8) is 0 Å². The molecule has 0 spiro atoms. The monoisotopic (exact) mass is 246 g/mol. The van der Waals surface area contributed by atoms with Gasteiger partial charge in [-0.15, -0.1) is 0 Å². The first kappa shape index (κ1) is 12.4. The molecule has 3 heteroatoms. The van der Waals surface area contributed by atoms with Crippen LogP contribution < -0.4 is 0 Å². The second-order valence-corrected chi connectivity index (χ2v) is 4.06. The first-order valence-electron chi connectivity index (χ1n) is 5.57. The number of alkyl halides is 2. The lowest BCUT2D eigenvalue weighted by molar-refractivity contribution is 0.101. The van der Waals surface area contributed by atoms with Gasteiger partial charge in [0.1, 0.15) is 0 Å². The Balaban J connectivity index is 2.28. The predicted octanol–water partition coefficient (Wildman–Crippen LogP) is 4.49. The molecule has 0 saturated heterocycles. The van der Waals surface area contributed by atoms with Gasteiger partial charge in [0.2, 0.25) is 0 Å². The highest BCUT2D eigenvalue weighted by Gasteiger charge is 2.06. The third-order valence-electron chi connectivity index (χ3n) is 2.79. The van der Waals surface area contributed by atoms with Crippen LogP contribution in [0.15, 0.2) is 48.5 Å². The van der Waals surface area contributed by atoms with Gasteiger partial charge in [-0.3, -0.25) is 4.79 Å². The average Bonchev–Trinajstić information content (AvgIpc) is 2.39. The Kier molecular flexibility index (Phi) is 3.51. The molecule has 0 radical (unpaired) electrons. The first-order chi connectivity index (χ1) is 8.58. The van der Waals surface area contributed by atoms with Crippen LogP contribution in [0.25, 0.3) is 11.1 Å². The van der Waals surface area contributed by atoms with Gasteiger partial charge in [-0.2, -0.15) is 0 Å². The number of carbonyl (C=O) groups excluding carboxylic acids is 1. The summed E-state index contributed by atoms with van der Waals surface area (Å²) in [5, 5.41) is 0. The molecule has 0 aliphatic carbocycles. The van der Waals surface area contributed by atoms with E-state index < -0.39 is 6.43 Å². The lowest BCUT2D eigenvalue weighted by atomic mass is 10.0. The maximum atomic E-state index is 12.4. The van der Waals surface area contributed by atoms with Gasteiger partial charge >= 0.3 is 0 Å². The molecule has 18 heavy (non-hydrogen) atoms. The largest absolute Gasteiger partial charge is 0.295 e. The maximum absolute atomic E-state index is 12.4. The van der Waals surface area contributed by atoms with Crippen LogP contribution in [0.5, 0.6) is 0 Å². The summed E-state index contributed by atoms with van der Waals surface area (Å²) in [7, 11) is 0. The Hall–Kier alpha value is -2.03. The topological polar surface area (TPSA) is 17.1 Å². The first-order valence-corrected chi connectivity index (χ1v) is 5.57. The molecule has 0 N–H and O–H groups in total. The third kappa shape index (κ3) is 2.62. The van der Waals surface area contributed by atoms with E-state index in [4.69, 9.17) is 0 Å². The van der Waals surface area contributed by atoms with Crippen LogP contribution in [0.3, 0.4) is 0 Å². The predicted molar refractivity (Wildman–Crippen MR) is 66.8 cm³/mol. The molecule has 1 nitrogen and oxygen atoms in total. The van der Waals surface area contributed by atoms with Crippen LogP contribution in [-0.2, 0) is 0 Å². The van der Waals surface area contributed by atoms with Gasteiger partial charge in [0.25, 0.3) is 6.43 Å². The number of benzene rings is 2. The van der Waals surface area contributed by atoms with Crippen molar-refractivity contribution in [2.24, 2.45) is 0 Å². The van der Waals surface area contributed by atoms with E-state index in [0.29, 0.717) is 5.56 Å². The van der Waals surface area contributed by atoms with Gasteiger partial charge in [-0.1, -0.05) is 48.5 Å². The van der Waals surface area contributed by atoms with Crippen molar-refractivity contribution in [2.45, 2.75) is 13.3 Å². The average molecular weight is 246 g/mol. The number of Topliss-reactive ketones (excluding diaryl/α,β-unsaturated/α-hetero) is 1. The van der Waals surface area contributed by atoms with Crippen LogP contribution >= 0.6 is 0 Å². The minimum atomic E-state index is -2.45. The zero-order chi connectivity index (χ0) is 13.1. The van der Waals surface area contributed by atoms with Gasteiger partial charge in [0, 0.05) is 11.1 Å². The molecule has 0 aliphatic rings. The second kappa shape index (κ2) is 5.08. The Morgan fingerprint density at radius 3 is 1.72 bits per heavy atom. The van der Waals surface area contributed by atoms with Crippen molar-refractivity contribution in [3.8, 4) is 11.1 Å². The molecule has 2 aromatic carbocycles. The molecule has 0 amide bonds. The second-order valence-electron chi connectivity index (χ2n) is 4.06. The molecule has 92 valence electrons. The molecule has 2 rings (SSSR count). The van der Waals surface area contributed by atoms with Crippen molar-refractivity contribution in [2.75, 3.05) is 0 Å². The summed E-state index contributed by atoms with van der Waals surface area (Å²) in [6.07, 6.45) is -2.45. The summed E-state index contributed by atoms with van der Waals surface area (Å²) < 4.78 is 24.8. The molecule has 0 unspecified atom stereocenters. The summed E-state index contributed by atoms with van der Waals surface area (Å²) >= 11 is 0. The zero-order valence-corrected chi connectivity index (χ0v) is 9.86. The van der Waals surface area contributed by atoms with Gasteiger partial charge in [-0.25, -0.2) is 8.78 Å². The van der Waals surface area contributed by atoms with E-state index in [2.05, 4.69) is 0 Å². The molecular weight excluding hydrogens is 234 g/mol. The van der Waals surface area contributed by atoms with E-state index in [1.165, 1.54) is 19.1 Å². The van der Waals surface area contributed by atoms with Crippen LogP contribution in [0.4, 0.5) is 8.78 Å². The highest BCUT2D eigenvalue weighted by Crippen LogP contribution is 2.24. The van der Waals surface area contributed by atoms with Gasteiger partial charge in [0.05, 0.1) is 0 Å². The molecule has 0 atom stereocenters. The number of hydrogen-bond donors (Lipinski definition) is 0. The quantitative estimate of drug-likeness (QED) is 0.729. The molecule has 0 saturated carbocycles. The van der Waals surface area contributed by atoms with Crippen LogP contribution in [0.1, 0.15) is 29.3 Å². The van der Waals surface area contributed by atoms with Gasteiger partial charge in [0.15, 0.2) is 5.78 Å². The summed E-state index contributed by atoms with van der Waals surface area (Å²) in [6.45, 7) is 1.51. The fourth-order valence-corrected chi connectivity index (χ4v) is 1.72. The van der Waals surface area contributed by atoms with Crippen molar-refractivity contribution in [3.05, 3.63) is 59.7 Å². The summed E-state index contributed by atoms with van der Waals surface area (Å²) in [5.74, 6) is 0.00889. The lowest BCUT2D eigenvalue weighted by Gasteiger charge is -2.04. The molecule has 0 heterocycles. The molecule has 0 fully saturated rings. The van der Waals surface area contributed by atoms with Crippen molar-refractivity contribution >= 4 is 5.78 Å². The van der Waals surface area contributed by atoms with Gasteiger partial charge in [-0.05, 0) is 18.1 Å². The maximum Gasteiger partial charge on any atom is 0.263 e. The van der Waals surface area contributed by atoms with E-state index in [-0.39, 0.29) is 11.3 Å². The van der Waals surface area contributed by atoms with Crippen LogP contribution in [-0.4, -0.2) is 5.78 Å². The van der Waals surface area contributed by atoms with E-state index in [1.54, 1.807) is 24.3 Å². The lowest BCUT2D eigenvalue weighted by Crippen LogP contribution is -1.91. The Labute approximate surface area is 104 Å². The Bertz CT molecular complexity index is 542. The zero-order valence-electron chi connectivity index (χ0n) is 9.86. The Morgan fingerprint density at radius 1 is 0.889 bits per heavy atom. The van der Waals surface area contributed by atoms with Crippen molar-refractivity contribution in [1.82, 2.24) is 0 Å². The number of halogens is 2. The molecule has 0 bridgehead atoms. The van der Waals surface area contributed by atoms with Crippen LogP contribution in [0, 0.1) is 0 Å². The summed E-state index contributed by atoms with van der Waals surface area (Å²) in [5.41, 5.74) is 2.41. The normalized spacial score (nSPS) is 10.7. The minimum Gasteiger partial charge on any atom is -0.295 e. The third-order valence-corrected chi connectivity index (χ3v) is 2.79. The number of hydrogen-bond acceptors (Lipinski definition) is 1. The number of ketones is 1. The van der Waals surface area contributed by atoms with Crippen LogP contribution in [0.2, 0.25) is 0 Å². The molecular formula is C15H12F2O. The standard InChI is InChI=1S/C15H12F2O/c1-10(18)11-2-4-12(5-3-11)13-6-8-14(9-7-13)15(16)17/h2-9,15H,1H3. The van der Waals surface area contributed by atoms with E-state index in [0.717, 1.165) is 11.1 Å². The highest BCUT2D eigenvalue weighted by atomic mass is 19.3.